The van der Waals surface area contributed by atoms with E-state index in [9.17, 15) is 4.39 Å². The fourth-order valence-electron chi connectivity index (χ4n) is 2.51. The molecule has 0 aliphatic rings. The zero-order valence-electron chi connectivity index (χ0n) is 12.9. The standard InChI is InChI=1S/C18H23FN2/c1-18(13-20,15-6-8-16(19)9-7-15)12-14-4-10-17(11-5-14)21(2)3/h4-11H,12-13,20H2,1-3H3. The van der Waals surface area contributed by atoms with Gasteiger partial charge in [0.2, 0.25) is 0 Å². The number of rotatable bonds is 5. The molecular weight excluding hydrogens is 263 g/mol. The Kier molecular flexibility index (Phi) is 4.63. The summed E-state index contributed by atoms with van der Waals surface area (Å²) in [6.07, 6.45) is 0.836. The van der Waals surface area contributed by atoms with Crippen molar-refractivity contribution in [1.29, 1.82) is 0 Å². The van der Waals surface area contributed by atoms with E-state index in [4.69, 9.17) is 5.73 Å². The van der Waals surface area contributed by atoms with E-state index in [1.165, 1.54) is 23.4 Å². The minimum atomic E-state index is -0.214. The lowest BCUT2D eigenvalue weighted by atomic mass is 9.77. The van der Waals surface area contributed by atoms with Crippen LogP contribution < -0.4 is 10.6 Å². The molecule has 2 nitrogen and oxygen atoms in total. The van der Waals surface area contributed by atoms with E-state index in [1.807, 2.05) is 26.2 Å². The summed E-state index contributed by atoms with van der Waals surface area (Å²) in [5, 5.41) is 0. The average molecular weight is 286 g/mol. The average Bonchev–Trinajstić information content (AvgIpc) is 2.48. The summed E-state index contributed by atoms with van der Waals surface area (Å²) in [5.41, 5.74) is 9.30. The molecule has 0 saturated heterocycles. The molecule has 2 aromatic carbocycles. The molecule has 0 fully saturated rings. The quantitative estimate of drug-likeness (QED) is 0.913. The van der Waals surface area contributed by atoms with Gasteiger partial charge >= 0.3 is 0 Å². The van der Waals surface area contributed by atoms with Crippen molar-refractivity contribution in [2.45, 2.75) is 18.8 Å². The second-order valence-corrected chi connectivity index (χ2v) is 6.01. The molecule has 2 N–H and O–H groups in total. The van der Waals surface area contributed by atoms with Crippen molar-refractivity contribution in [2.75, 3.05) is 25.5 Å². The Balaban J connectivity index is 2.23. The van der Waals surface area contributed by atoms with Gasteiger partial charge in [0.25, 0.3) is 0 Å². The van der Waals surface area contributed by atoms with Gasteiger partial charge in [-0.05, 0) is 41.8 Å². The highest BCUT2D eigenvalue weighted by Gasteiger charge is 2.25. The summed E-state index contributed by atoms with van der Waals surface area (Å²) < 4.78 is 13.1. The van der Waals surface area contributed by atoms with Crippen LogP contribution in [0.4, 0.5) is 10.1 Å². The van der Waals surface area contributed by atoms with Gasteiger partial charge in [-0.1, -0.05) is 31.2 Å². The molecule has 1 unspecified atom stereocenters. The fraction of sp³-hybridized carbons (Fsp3) is 0.333. The number of nitrogens with zero attached hydrogens (tertiary/aromatic N) is 1. The van der Waals surface area contributed by atoms with Gasteiger partial charge in [0.1, 0.15) is 5.82 Å². The first-order chi connectivity index (χ1) is 9.94. The Bertz CT molecular complexity index is 575. The summed E-state index contributed by atoms with van der Waals surface area (Å²) in [4.78, 5) is 2.08. The van der Waals surface area contributed by atoms with Gasteiger partial charge in [0.15, 0.2) is 0 Å². The number of anilines is 1. The van der Waals surface area contributed by atoms with Crippen molar-refractivity contribution >= 4 is 5.69 Å². The highest BCUT2D eigenvalue weighted by molar-refractivity contribution is 5.46. The van der Waals surface area contributed by atoms with E-state index in [0.29, 0.717) is 6.54 Å². The second kappa shape index (κ2) is 6.27. The number of hydrogen-bond donors (Lipinski definition) is 1. The molecule has 112 valence electrons. The van der Waals surface area contributed by atoms with Crippen LogP contribution in [0.25, 0.3) is 0 Å². The van der Waals surface area contributed by atoms with Crippen LogP contribution in [-0.2, 0) is 11.8 Å². The maximum atomic E-state index is 13.1. The maximum Gasteiger partial charge on any atom is 0.123 e. The van der Waals surface area contributed by atoms with Gasteiger partial charge in [-0.25, -0.2) is 4.39 Å². The second-order valence-electron chi connectivity index (χ2n) is 6.01. The predicted molar refractivity (Wildman–Crippen MR) is 87.3 cm³/mol. The van der Waals surface area contributed by atoms with Crippen LogP contribution in [0.15, 0.2) is 48.5 Å². The molecular formula is C18H23FN2. The highest BCUT2D eigenvalue weighted by Crippen LogP contribution is 2.28. The number of halogens is 1. The van der Waals surface area contributed by atoms with Crippen molar-refractivity contribution in [3.63, 3.8) is 0 Å². The summed E-state index contributed by atoms with van der Waals surface area (Å²) >= 11 is 0. The monoisotopic (exact) mass is 286 g/mol. The van der Waals surface area contributed by atoms with Crippen molar-refractivity contribution < 1.29 is 4.39 Å². The van der Waals surface area contributed by atoms with Crippen LogP contribution in [0.2, 0.25) is 0 Å². The zero-order chi connectivity index (χ0) is 15.5. The summed E-state index contributed by atoms with van der Waals surface area (Å²) in [6.45, 7) is 2.65. The van der Waals surface area contributed by atoms with Crippen molar-refractivity contribution in [3.05, 3.63) is 65.5 Å². The Labute approximate surface area is 126 Å². The molecule has 2 aromatic rings. The molecule has 0 radical (unpaired) electrons. The third-order valence-corrected chi connectivity index (χ3v) is 4.04. The van der Waals surface area contributed by atoms with Gasteiger partial charge in [0, 0.05) is 31.7 Å². The molecule has 0 aromatic heterocycles. The fourth-order valence-corrected chi connectivity index (χ4v) is 2.51. The number of hydrogen-bond acceptors (Lipinski definition) is 2. The Morgan fingerprint density at radius 2 is 1.57 bits per heavy atom. The van der Waals surface area contributed by atoms with Crippen molar-refractivity contribution in [2.24, 2.45) is 5.73 Å². The van der Waals surface area contributed by atoms with E-state index in [2.05, 4.69) is 36.1 Å². The largest absolute Gasteiger partial charge is 0.378 e. The van der Waals surface area contributed by atoms with Crippen LogP contribution >= 0.6 is 0 Å². The Hall–Kier alpha value is -1.87. The van der Waals surface area contributed by atoms with Crippen LogP contribution in [0.1, 0.15) is 18.1 Å². The van der Waals surface area contributed by atoms with E-state index in [-0.39, 0.29) is 11.2 Å². The maximum absolute atomic E-state index is 13.1. The topological polar surface area (TPSA) is 29.3 Å². The lowest BCUT2D eigenvalue weighted by Gasteiger charge is -2.29. The minimum Gasteiger partial charge on any atom is -0.378 e. The van der Waals surface area contributed by atoms with Crippen molar-refractivity contribution in [1.82, 2.24) is 0 Å². The third-order valence-electron chi connectivity index (χ3n) is 4.04. The summed E-state index contributed by atoms with van der Waals surface area (Å²) in [6, 6.07) is 15.1. The molecule has 0 aliphatic carbocycles. The molecule has 0 bridgehead atoms. The van der Waals surface area contributed by atoms with Gasteiger partial charge in [-0.3, -0.25) is 0 Å². The van der Waals surface area contributed by atoms with Gasteiger partial charge < -0.3 is 10.6 Å². The van der Waals surface area contributed by atoms with Gasteiger partial charge in [-0.2, -0.15) is 0 Å². The third kappa shape index (κ3) is 3.61. The molecule has 0 aliphatic heterocycles. The molecule has 0 amide bonds. The normalized spacial score (nSPS) is 13.8. The summed E-state index contributed by atoms with van der Waals surface area (Å²) in [5.74, 6) is -0.214. The van der Waals surface area contributed by atoms with Crippen molar-refractivity contribution in [3.8, 4) is 0 Å². The molecule has 1 atom stereocenters. The first kappa shape index (κ1) is 15.5. The lowest BCUT2D eigenvalue weighted by molar-refractivity contribution is 0.479. The molecule has 2 rings (SSSR count). The van der Waals surface area contributed by atoms with E-state index in [0.717, 1.165) is 12.0 Å². The van der Waals surface area contributed by atoms with Crippen LogP contribution in [0, 0.1) is 5.82 Å². The first-order valence-electron chi connectivity index (χ1n) is 7.17. The molecule has 0 saturated carbocycles. The predicted octanol–water partition coefficient (Wildman–Crippen LogP) is 3.35. The van der Waals surface area contributed by atoms with E-state index in [1.54, 1.807) is 0 Å². The zero-order valence-corrected chi connectivity index (χ0v) is 12.9. The van der Waals surface area contributed by atoms with Crippen LogP contribution in [0.3, 0.4) is 0 Å². The van der Waals surface area contributed by atoms with Gasteiger partial charge in [-0.15, -0.1) is 0 Å². The van der Waals surface area contributed by atoms with Crippen LogP contribution in [0.5, 0.6) is 0 Å². The molecule has 0 heterocycles. The van der Waals surface area contributed by atoms with E-state index >= 15 is 0 Å². The minimum absolute atomic E-state index is 0.187. The Morgan fingerprint density at radius 1 is 1.00 bits per heavy atom. The van der Waals surface area contributed by atoms with E-state index < -0.39 is 0 Å². The molecule has 0 spiro atoms. The first-order valence-corrected chi connectivity index (χ1v) is 7.17. The summed E-state index contributed by atoms with van der Waals surface area (Å²) in [7, 11) is 4.05. The molecule has 21 heavy (non-hydrogen) atoms. The lowest BCUT2D eigenvalue weighted by Crippen LogP contribution is -2.34. The Morgan fingerprint density at radius 3 is 2.05 bits per heavy atom. The molecule has 3 heteroatoms. The van der Waals surface area contributed by atoms with Crippen LogP contribution in [-0.4, -0.2) is 20.6 Å². The SMILES string of the molecule is CN(C)c1ccc(CC(C)(CN)c2ccc(F)cc2)cc1. The highest BCUT2D eigenvalue weighted by atomic mass is 19.1. The smallest absolute Gasteiger partial charge is 0.123 e. The number of nitrogens with two attached hydrogens (primary N) is 1. The van der Waals surface area contributed by atoms with Gasteiger partial charge in [0.05, 0.1) is 0 Å². The number of benzene rings is 2.